The topological polar surface area (TPSA) is 132 Å². The highest BCUT2D eigenvalue weighted by Crippen LogP contribution is 2.31. The van der Waals surface area contributed by atoms with Gasteiger partial charge in [0.05, 0.1) is 12.4 Å². The third-order valence-corrected chi connectivity index (χ3v) is 4.78. The number of hydrogen-bond donors (Lipinski definition) is 2. The first-order chi connectivity index (χ1) is 16.6. The molecule has 0 bridgehead atoms. The maximum Gasteiger partial charge on any atom is 0.433 e. The Morgan fingerprint density at radius 2 is 1.61 bits per heavy atom. The second-order valence-electron chi connectivity index (χ2n) is 7.26. The minimum atomic E-state index is -4.76. The van der Waals surface area contributed by atoms with Crippen molar-refractivity contribution in [2.24, 2.45) is 0 Å². The van der Waals surface area contributed by atoms with Gasteiger partial charge in [0.2, 0.25) is 11.9 Å². The van der Waals surface area contributed by atoms with Crippen molar-refractivity contribution in [1.29, 1.82) is 0 Å². The first kappa shape index (κ1) is 27.0. The van der Waals surface area contributed by atoms with Crippen LogP contribution < -0.4 is 10.6 Å². The van der Waals surface area contributed by atoms with E-state index in [0.717, 1.165) is 24.6 Å². The quantitative estimate of drug-likeness (QED) is 0.322. The number of rotatable bonds is 8. The van der Waals surface area contributed by atoms with Gasteiger partial charge in [-0.2, -0.15) is 49.7 Å². The van der Waals surface area contributed by atoms with Crippen molar-refractivity contribution in [2.45, 2.75) is 25.4 Å². The van der Waals surface area contributed by atoms with Crippen molar-refractivity contribution in [3.63, 3.8) is 0 Å². The van der Waals surface area contributed by atoms with Crippen molar-refractivity contribution in [3.05, 3.63) is 47.9 Å². The predicted molar refractivity (Wildman–Crippen MR) is 114 cm³/mol. The average molecular weight is 537 g/mol. The summed E-state index contributed by atoms with van der Waals surface area (Å²) in [5.74, 6) is -0.920. The molecule has 3 aromatic heterocycles. The van der Waals surface area contributed by atoms with Crippen LogP contribution in [0, 0.1) is 0 Å². The van der Waals surface area contributed by atoms with Crippen LogP contribution in [0.2, 0.25) is 0 Å². The van der Waals surface area contributed by atoms with Gasteiger partial charge in [-0.1, -0.05) is 6.07 Å². The fraction of sp³-hybridized carbons (Fsp3) is 0.316. The molecule has 0 spiro atoms. The molecular formula is C19H17F6N7O3S. The summed E-state index contributed by atoms with van der Waals surface area (Å²) in [5, 5.41) is 5.17. The van der Waals surface area contributed by atoms with Crippen molar-refractivity contribution < 1.29 is 38.9 Å². The zero-order chi connectivity index (χ0) is 26.7. The van der Waals surface area contributed by atoms with Gasteiger partial charge in [-0.3, -0.25) is 9.17 Å². The molecule has 2 N–H and O–H groups in total. The molecule has 10 nitrogen and oxygen atoms in total. The lowest BCUT2D eigenvalue weighted by Crippen LogP contribution is -2.24. The van der Waals surface area contributed by atoms with Gasteiger partial charge in [-0.05, 0) is 31.2 Å². The highest BCUT2D eigenvalue weighted by molar-refractivity contribution is 7.86. The molecule has 1 unspecified atom stereocenters. The zero-order valence-electron chi connectivity index (χ0n) is 18.4. The second kappa shape index (κ2) is 10.2. The van der Waals surface area contributed by atoms with E-state index in [1.54, 1.807) is 0 Å². The molecule has 0 aliphatic carbocycles. The number of pyridine rings is 2. The first-order valence-electron chi connectivity index (χ1n) is 9.83. The molecule has 17 heteroatoms. The summed E-state index contributed by atoms with van der Waals surface area (Å²) >= 11 is 0. The van der Waals surface area contributed by atoms with E-state index in [0.29, 0.717) is 6.07 Å². The zero-order valence-corrected chi connectivity index (χ0v) is 19.2. The van der Waals surface area contributed by atoms with Gasteiger partial charge in [0.15, 0.2) is 5.82 Å². The summed E-state index contributed by atoms with van der Waals surface area (Å²) in [7, 11) is -3.78. The Morgan fingerprint density at radius 3 is 2.25 bits per heavy atom. The van der Waals surface area contributed by atoms with Crippen LogP contribution in [0.15, 0.2) is 36.5 Å². The lowest BCUT2D eigenvalue weighted by Gasteiger charge is -2.14. The van der Waals surface area contributed by atoms with Crippen LogP contribution in [-0.4, -0.2) is 52.2 Å². The van der Waals surface area contributed by atoms with Crippen LogP contribution in [0.1, 0.15) is 18.3 Å². The van der Waals surface area contributed by atoms with Gasteiger partial charge in [-0.15, -0.1) is 0 Å². The fourth-order valence-electron chi connectivity index (χ4n) is 2.70. The van der Waals surface area contributed by atoms with E-state index in [9.17, 15) is 34.8 Å². The van der Waals surface area contributed by atoms with Crippen LogP contribution in [0.5, 0.6) is 0 Å². The maximum absolute atomic E-state index is 13.1. The van der Waals surface area contributed by atoms with E-state index in [4.69, 9.17) is 4.18 Å². The SMILES string of the molecule is CC(CNc1nc(Nc2ccnc(C(F)(F)F)c2)nc(-c2cccc(C(F)(F)F)n2)n1)OS(C)(=O)=O. The smallest absolute Gasteiger partial charge is 0.351 e. The molecule has 3 aromatic rings. The van der Waals surface area contributed by atoms with E-state index < -0.39 is 40.0 Å². The lowest BCUT2D eigenvalue weighted by atomic mass is 10.3. The average Bonchev–Trinajstić information content (AvgIpc) is 2.75. The minimum Gasteiger partial charge on any atom is -0.351 e. The Balaban J connectivity index is 1.98. The monoisotopic (exact) mass is 537 g/mol. The summed E-state index contributed by atoms with van der Waals surface area (Å²) in [6.45, 7) is 1.26. The van der Waals surface area contributed by atoms with Crippen molar-refractivity contribution in [2.75, 3.05) is 23.4 Å². The Bertz CT molecular complexity index is 1340. The lowest BCUT2D eigenvalue weighted by molar-refractivity contribution is -0.141. The number of nitrogens with zero attached hydrogens (tertiary/aromatic N) is 5. The molecule has 3 heterocycles. The van der Waals surface area contributed by atoms with Crippen molar-refractivity contribution in [3.8, 4) is 11.5 Å². The summed E-state index contributed by atoms with van der Waals surface area (Å²) in [6, 6.07) is 4.89. The van der Waals surface area contributed by atoms with E-state index in [-0.39, 0.29) is 35.6 Å². The van der Waals surface area contributed by atoms with E-state index in [1.807, 2.05) is 0 Å². The molecule has 0 radical (unpaired) electrons. The van der Waals surface area contributed by atoms with Crippen molar-refractivity contribution >= 4 is 27.7 Å². The summed E-state index contributed by atoms with van der Waals surface area (Å²) in [5.41, 5.74) is -2.84. The summed E-state index contributed by atoms with van der Waals surface area (Å²) < 4.78 is 106. The molecular weight excluding hydrogens is 520 g/mol. The highest BCUT2D eigenvalue weighted by Gasteiger charge is 2.33. The second-order valence-corrected chi connectivity index (χ2v) is 8.86. The molecule has 36 heavy (non-hydrogen) atoms. The number of halogens is 6. The molecule has 0 saturated carbocycles. The van der Waals surface area contributed by atoms with Crippen LogP contribution in [0.25, 0.3) is 11.5 Å². The molecule has 0 saturated heterocycles. The maximum atomic E-state index is 13.1. The number of aromatic nitrogens is 5. The highest BCUT2D eigenvalue weighted by atomic mass is 32.2. The fourth-order valence-corrected chi connectivity index (χ4v) is 3.37. The third kappa shape index (κ3) is 7.70. The normalized spacial score (nSPS) is 13.3. The molecule has 0 aromatic carbocycles. The predicted octanol–water partition coefficient (Wildman–Crippen LogP) is 3.89. The van der Waals surface area contributed by atoms with E-state index >= 15 is 0 Å². The molecule has 0 aliphatic heterocycles. The molecule has 0 aliphatic rings. The summed E-state index contributed by atoms with van der Waals surface area (Å²) in [4.78, 5) is 18.7. The van der Waals surface area contributed by atoms with Gasteiger partial charge in [-0.25, -0.2) is 4.98 Å². The summed E-state index contributed by atoms with van der Waals surface area (Å²) in [6.07, 6.45) is -8.64. The Hall–Kier alpha value is -3.60. The minimum absolute atomic E-state index is 0.119. The first-order valence-corrected chi connectivity index (χ1v) is 11.6. The molecule has 0 fully saturated rings. The third-order valence-electron chi connectivity index (χ3n) is 4.10. The van der Waals surface area contributed by atoms with E-state index in [2.05, 4.69) is 35.6 Å². The van der Waals surface area contributed by atoms with Crippen LogP contribution >= 0.6 is 0 Å². The molecule has 0 amide bonds. The standard InChI is InChI=1S/C19H17F6N7O3S/c1-10(35-36(2,33)34)9-27-16-30-15(12-4-3-5-13(29-12)18(20,21)22)31-17(32-16)28-11-6-7-26-14(8-11)19(23,24)25/h3-8,10H,9H2,1-2H3,(H2,26,27,28,30,31,32). The number of hydrogen-bond acceptors (Lipinski definition) is 10. The van der Waals surface area contributed by atoms with Crippen LogP contribution in [0.3, 0.4) is 0 Å². The van der Waals surface area contributed by atoms with Crippen LogP contribution in [-0.2, 0) is 26.7 Å². The molecule has 194 valence electrons. The van der Waals surface area contributed by atoms with Gasteiger partial charge in [0, 0.05) is 18.4 Å². The number of nitrogens with one attached hydrogen (secondary N) is 2. The van der Waals surface area contributed by atoms with Gasteiger partial charge in [0.1, 0.15) is 17.1 Å². The Labute approximate surface area is 200 Å². The van der Waals surface area contributed by atoms with Gasteiger partial charge in [0.25, 0.3) is 10.1 Å². The van der Waals surface area contributed by atoms with Gasteiger partial charge < -0.3 is 10.6 Å². The largest absolute Gasteiger partial charge is 0.433 e. The van der Waals surface area contributed by atoms with Gasteiger partial charge >= 0.3 is 12.4 Å². The van der Waals surface area contributed by atoms with Crippen LogP contribution in [0.4, 0.5) is 43.9 Å². The Kier molecular flexibility index (Phi) is 7.63. The molecule has 1 atom stereocenters. The molecule has 3 rings (SSSR count). The Morgan fingerprint density at radius 1 is 0.944 bits per heavy atom. The number of anilines is 3. The van der Waals surface area contributed by atoms with Crippen molar-refractivity contribution in [1.82, 2.24) is 24.9 Å². The number of alkyl halides is 6. The van der Waals surface area contributed by atoms with E-state index in [1.165, 1.54) is 19.1 Å².